The van der Waals surface area contributed by atoms with Crippen LogP contribution in [0.2, 0.25) is 0 Å². The van der Waals surface area contributed by atoms with E-state index >= 15 is 0 Å². The lowest BCUT2D eigenvalue weighted by Crippen LogP contribution is -1.97. The van der Waals surface area contributed by atoms with Gasteiger partial charge in [-0.3, -0.25) is 4.68 Å². The van der Waals surface area contributed by atoms with Gasteiger partial charge >= 0.3 is 0 Å². The topological polar surface area (TPSA) is 62.3 Å². The third-order valence-corrected chi connectivity index (χ3v) is 2.81. The Morgan fingerprint density at radius 3 is 2.61 bits per heavy atom. The molecule has 0 saturated heterocycles. The Bertz CT molecular complexity index is 530. The molecule has 1 aromatic heterocycles. The number of aryl methyl sites for hydroxylation is 1. The minimum absolute atomic E-state index is 0.524. The summed E-state index contributed by atoms with van der Waals surface area (Å²) in [7, 11) is 5.12. The predicted molar refractivity (Wildman–Crippen MR) is 70.3 cm³/mol. The molecule has 0 aliphatic rings. The van der Waals surface area contributed by atoms with Crippen LogP contribution in [0.4, 0.5) is 5.82 Å². The molecule has 5 nitrogen and oxygen atoms in total. The fourth-order valence-electron chi connectivity index (χ4n) is 1.82. The summed E-state index contributed by atoms with van der Waals surface area (Å²) in [5.41, 5.74) is 8.66. The van der Waals surface area contributed by atoms with Crippen LogP contribution in [0.15, 0.2) is 24.3 Å². The second-order valence-electron chi connectivity index (χ2n) is 4.03. The zero-order chi connectivity index (χ0) is 13.1. The summed E-state index contributed by atoms with van der Waals surface area (Å²) in [4.78, 5) is 0. The summed E-state index contributed by atoms with van der Waals surface area (Å²) < 4.78 is 12.1. The van der Waals surface area contributed by atoms with Crippen molar-refractivity contribution in [3.05, 3.63) is 29.8 Å². The number of anilines is 1. The lowest BCUT2D eigenvalue weighted by molar-refractivity contribution is 0.185. The van der Waals surface area contributed by atoms with Crippen LogP contribution in [0.25, 0.3) is 11.3 Å². The number of ether oxygens (including phenoxy) is 2. The van der Waals surface area contributed by atoms with E-state index in [1.54, 1.807) is 18.9 Å². The lowest BCUT2D eigenvalue weighted by Gasteiger charge is -2.08. The van der Waals surface area contributed by atoms with Gasteiger partial charge in [0, 0.05) is 25.8 Å². The summed E-state index contributed by atoms with van der Waals surface area (Å²) in [6, 6.07) is 7.66. The molecule has 0 fully saturated rings. The van der Waals surface area contributed by atoms with Crippen LogP contribution in [-0.2, 0) is 18.4 Å². The maximum atomic E-state index is 5.81. The molecule has 0 spiro atoms. The largest absolute Gasteiger partial charge is 0.497 e. The molecule has 0 unspecified atom stereocenters. The van der Waals surface area contributed by atoms with Gasteiger partial charge in [-0.05, 0) is 17.7 Å². The van der Waals surface area contributed by atoms with Gasteiger partial charge in [0.25, 0.3) is 0 Å². The van der Waals surface area contributed by atoms with Gasteiger partial charge in [-0.15, -0.1) is 0 Å². The number of nitrogens with two attached hydrogens (primary N) is 1. The number of hydrogen-bond donors (Lipinski definition) is 1. The first-order valence-corrected chi connectivity index (χ1v) is 5.61. The molecule has 18 heavy (non-hydrogen) atoms. The molecule has 2 aromatic rings. The van der Waals surface area contributed by atoms with Gasteiger partial charge < -0.3 is 15.2 Å². The van der Waals surface area contributed by atoms with Crippen LogP contribution in [0.1, 0.15) is 5.56 Å². The van der Waals surface area contributed by atoms with Crippen LogP contribution in [0, 0.1) is 0 Å². The molecule has 96 valence electrons. The fraction of sp³-hybridized carbons (Fsp3) is 0.308. The summed E-state index contributed by atoms with van der Waals surface area (Å²) in [5, 5.41) is 4.38. The van der Waals surface area contributed by atoms with Crippen molar-refractivity contribution in [2.24, 2.45) is 7.05 Å². The number of rotatable bonds is 4. The van der Waals surface area contributed by atoms with E-state index in [-0.39, 0.29) is 0 Å². The fourth-order valence-corrected chi connectivity index (χ4v) is 1.82. The van der Waals surface area contributed by atoms with Crippen molar-refractivity contribution >= 4 is 5.82 Å². The second-order valence-corrected chi connectivity index (χ2v) is 4.03. The van der Waals surface area contributed by atoms with Gasteiger partial charge in [0.1, 0.15) is 11.6 Å². The maximum absolute atomic E-state index is 5.81. The molecule has 0 aliphatic heterocycles. The smallest absolute Gasteiger partial charge is 0.121 e. The first-order valence-electron chi connectivity index (χ1n) is 5.61. The Morgan fingerprint density at radius 2 is 2.06 bits per heavy atom. The summed E-state index contributed by atoms with van der Waals surface area (Å²) in [6.45, 7) is 0.524. The number of nitrogens with zero attached hydrogens (tertiary/aromatic N) is 2. The number of hydrogen-bond acceptors (Lipinski definition) is 4. The Morgan fingerprint density at radius 1 is 1.28 bits per heavy atom. The first kappa shape index (κ1) is 12.4. The summed E-state index contributed by atoms with van der Waals surface area (Å²) >= 11 is 0. The van der Waals surface area contributed by atoms with Gasteiger partial charge in [-0.1, -0.05) is 6.07 Å². The van der Waals surface area contributed by atoms with E-state index in [0.717, 1.165) is 22.6 Å². The van der Waals surface area contributed by atoms with Crippen LogP contribution < -0.4 is 10.5 Å². The first-order chi connectivity index (χ1) is 8.65. The Labute approximate surface area is 106 Å². The van der Waals surface area contributed by atoms with Crippen molar-refractivity contribution in [1.82, 2.24) is 9.78 Å². The van der Waals surface area contributed by atoms with Crippen molar-refractivity contribution in [3.63, 3.8) is 0 Å². The van der Waals surface area contributed by atoms with Gasteiger partial charge in [-0.2, -0.15) is 5.10 Å². The molecule has 1 aromatic carbocycles. The minimum Gasteiger partial charge on any atom is -0.497 e. The standard InChI is InChI=1S/C13H17N3O2/c1-16-13(14)7-12(15-16)11-6-10(18-3)5-4-9(11)8-17-2/h4-7H,8,14H2,1-3H3. The minimum atomic E-state index is 0.524. The van der Waals surface area contributed by atoms with Crippen LogP contribution in [0.5, 0.6) is 5.75 Å². The quantitative estimate of drug-likeness (QED) is 0.895. The maximum Gasteiger partial charge on any atom is 0.121 e. The van der Waals surface area contributed by atoms with Gasteiger partial charge in [0.05, 0.1) is 19.4 Å². The monoisotopic (exact) mass is 247 g/mol. The van der Waals surface area contributed by atoms with Crippen LogP contribution in [0.3, 0.4) is 0 Å². The average molecular weight is 247 g/mol. The summed E-state index contributed by atoms with van der Waals surface area (Å²) in [6.07, 6.45) is 0. The molecule has 0 radical (unpaired) electrons. The molecule has 5 heteroatoms. The zero-order valence-corrected chi connectivity index (χ0v) is 10.8. The normalized spacial score (nSPS) is 10.6. The van der Waals surface area contributed by atoms with E-state index in [4.69, 9.17) is 15.2 Å². The Hall–Kier alpha value is -2.01. The van der Waals surface area contributed by atoms with Gasteiger partial charge in [-0.25, -0.2) is 0 Å². The zero-order valence-electron chi connectivity index (χ0n) is 10.8. The molecule has 0 atom stereocenters. The molecule has 1 heterocycles. The summed E-state index contributed by atoms with van der Waals surface area (Å²) in [5.74, 6) is 1.41. The van der Waals surface area contributed by atoms with Crippen molar-refractivity contribution in [1.29, 1.82) is 0 Å². The molecule has 0 aliphatic carbocycles. The lowest BCUT2D eigenvalue weighted by atomic mass is 10.0. The van der Waals surface area contributed by atoms with E-state index in [2.05, 4.69) is 5.10 Å². The van der Waals surface area contributed by atoms with Crippen molar-refractivity contribution < 1.29 is 9.47 Å². The SMILES string of the molecule is COCc1ccc(OC)cc1-c1cc(N)n(C)n1. The highest BCUT2D eigenvalue weighted by atomic mass is 16.5. The van der Waals surface area contributed by atoms with Crippen molar-refractivity contribution in [2.45, 2.75) is 6.61 Å². The van der Waals surface area contributed by atoms with Gasteiger partial charge in [0.15, 0.2) is 0 Å². The van der Waals surface area contributed by atoms with Crippen molar-refractivity contribution in [2.75, 3.05) is 20.0 Å². The van der Waals surface area contributed by atoms with E-state index in [1.165, 1.54) is 0 Å². The molecule has 2 rings (SSSR count). The predicted octanol–water partition coefficient (Wildman–Crippen LogP) is 1.82. The van der Waals surface area contributed by atoms with Gasteiger partial charge in [0.2, 0.25) is 0 Å². The second kappa shape index (κ2) is 5.10. The number of methoxy groups -OCH3 is 2. The highest BCUT2D eigenvalue weighted by Gasteiger charge is 2.11. The molecule has 0 saturated carbocycles. The van der Waals surface area contributed by atoms with Crippen LogP contribution in [-0.4, -0.2) is 24.0 Å². The highest BCUT2D eigenvalue weighted by Crippen LogP contribution is 2.28. The number of aromatic nitrogens is 2. The highest BCUT2D eigenvalue weighted by molar-refractivity contribution is 5.67. The molecule has 0 bridgehead atoms. The Balaban J connectivity index is 2.51. The van der Waals surface area contributed by atoms with E-state index < -0.39 is 0 Å². The third kappa shape index (κ3) is 2.31. The van der Waals surface area contributed by atoms with Crippen molar-refractivity contribution in [3.8, 4) is 17.0 Å². The van der Waals surface area contributed by atoms with Crippen LogP contribution >= 0.6 is 0 Å². The molecule has 2 N–H and O–H groups in total. The average Bonchev–Trinajstić information content (AvgIpc) is 2.70. The van der Waals surface area contributed by atoms with E-state index in [0.29, 0.717) is 12.4 Å². The molecule has 0 amide bonds. The Kier molecular flexibility index (Phi) is 3.53. The van der Waals surface area contributed by atoms with E-state index in [9.17, 15) is 0 Å². The third-order valence-electron chi connectivity index (χ3n) is 2.81. The molecular formula is C13H17N3O2. The van der Waals surface area contributed by atoms with E-state index in [1.807, 2.05) is 31.3 Å². The molecular weight excluding hydrogens is 230 g/mol. The number of nitrogen functional groups attached to an aromatic ring is 1. The number of benzene rings is 1.